The molecule has 0 atom stereocenters. The van der Waals surface area contributed by atoms with E-state index in [1.54, 1.807) is 6.07 Å². The Kier molecular flexibility index (Phi) is 10.6. The number of ether oxygens (including phenoxy) is 2. The molecule has 37 heavy (non-hydrogen) atoms. The molecule has 0 spiro atoms. The van der Waals surface area contributed by atoms with Crippen molar-refractivity contribution < 1.29 is 17.9 Å². The fraction of sp³-hybridized carbons (Fsp3) is 0.333. The van der Waals surface area contributed by atoms with E-state index in [0.717, 1.165) is 28.5 Å². The van der Waals surface area contributed by atoms with Crippen molar-refractivity contribution in [3.05, 3.63) is 81.7 Å². The predicted octanol–water partition coefficient (Wildman–Crippen LogP) is 5.96. The van der Waals surface area contributed by atoms with E-state index in [1.807, 2.05) is 44.2 Å². The molecule has 0 fully saturated rings. The zero-order valence-corrected chi connectivity index (χ0v) is 23.9. The van der Waals surface area contributed by atoms with E-state index in [0.29, 0.717) is 34.6 Å². The van der Waals surface area contributed by atoms with Gasteiger partial charge in [-0.3, -0.25) is 4.72 Å². The number of sulfonamides is 1. The molecule has 0 aliphatic heterocycles. The van der Waals surface area contributed by atoms with Gasteiger partial charge >= 0.3 is 0 Å². The molecule has 2 aromatic carbocycles. The molecule has 10 heteroatoms. The summed E-state index contributed by atoms with van der Waals surface area (Å²) in [4.78, 5) is 4.03. The fourth-order valence-electron chi connectivity index (χ4n) is 3.29. The highest BCUT2D eigenvalue weighted by Crippen LogP contribution is 2.38. The van der Waals surface area contributed by atoms with E-state index < -0.39 is 15.4 Å². The van der Waals surface area contributed by atoms with Crippen molar-refractivity contribution >= 4 is 39.4 Å². The van der Waals surface area contributed by atoms with Crippen molar-refractivity contribution in [1.82, 2.24) is 4.72 Å². The van der Waals surface area contributed by atoms with E-state index in [-0.39, 0.29) is 12.4 Å². The second-order valence-corrected chi connectivity index (χ2v) is 11.5. The minimum atomic E-state index is -3.42. The molecule has 0 unspecified atom stereocenters. The van der Waals surface area contributed by atoms with E-state index in [9.17, 15) is 13.7 Å². The molecular weight excluding hydrogens is 533 g/mol. The fourth-order valence-corrected chi connectivity index (χ4v) is 4.12. The number of rotatable bonds is 12. The third-order valence-electron chi connectivity index (χ3n) is 5.63. The molecule has 198 valence electrons. The summed E-state index contributed by atoms with van der Waals surface area (Å²) in [6.07, 6.45) is 2.58. The summed E-state index contributed by atoms with van der Waals surface area (Å²) in [6.45, 7) is 12.0. The molecule has 0 saturated heterocycles. The van der Waals surface area contributed by atoms with Gasteiger partial charge in [0, 0.05) is 11.6 Å². The number of nitriles is 1. The maximum atomic E-state index is 11.2. The zero-order chi connectivity index (χ0) is 27.8. The van der Waals surface area contributed by atoms with Crippen LogP contribution in [-0.4, -0.2) is 40.0 Å². The van der Waals surface area contributed by atoms with Crippen LogP contribution in [-0.2, 0) is 15.4 Å². The van der Waals surface area contributed by atoms with E-state index in [4.69, 9.17) is 32.7 Å². The topological polar surface area (TPSA) is 101 Å². The Hall–Kier alpha value is -2.99. The lowest BCUT2D eigenvalue weighted by molar-refractivity contribution is 0.341. The lowest BCUT2D eigenvalue weighted by Gasteiger charge is -2.27. The molecule has 0 bridgehead atoms. The molecule has 0 aliphatic rings. The maximum absolute atomic E-state index is 11.2. The smallest absolute Gasteiger partial charge is 0.230 e. The molecule has 2 rings (SSSR count). The summed E-state index contributed by atoms with van der Waals surface area (Å²) in [6, 6.07) is 13.5. The second kappa shape index (κ2) is 13.0. The number of aliphatic imine (C=N–C) groups is 1. The van der Waals surface area contributed by atoms with Crippen LogP contribution in [0.2, 0.25) is 5.02 Å². The Labute approximate surface area is 229 Å². The lowest BCUT2D eigenvalue weighted by atomic mass is 9.77. The highest BCUT2D eigenvalue weighted by molar-refractivity contribution is 7.88. The van der Waals surface area contributed by atoms with Crippen molar-refractivity contribution in [3.8, 4) is 17.6 Å². The van der Waals surface area contributed by atoms with Crippen LogP contribution in [0.5, 0.6) is 11.5 Å². The average Bonchev–Trinajstić information content (AvgIpc) is 2.83. The third-order valence-corrected chi connectivity index (χ3v) is 6.67. The van der Waals surface area contributed by atoms with Crippen molar-refractivity contribution in [2.75, 3.05) is 25.3 Å². The summed E-state index contributed by atoms with van der Waals surface area (Å²) in [5.41, 5.74) is 3.57. The summed E-state index contributed by atoms with van der Waals surface area (Å²) in [7, 11) is -3.42. The average molecular weight is 565 g/mol. The first-order valence-electron chi connectivity index (χ1n) is 11.3. The van der Waals surface area contributed by atoms with Crippen LogP contribution in [0.4, 0.5) is 0 Å². The molecule has 2 aromatic rings. The largest absolute Gasteiger partial charge is 0.489 e. The Morgan fingerprint density at radius 2 is 1.84 bits per heavy atom. The summed E-state index contributed by atoms with van der Waals surface area (Å²) < 4.78 is 36.2. The van der Waals surface area contributed by atoms with Crippen LogP contribution >= 0.6 is 23.2 Å². The molecule has 7 nitrogen and oxygen atoms in total. The molecule has 0 aliphatic carbocycles. The Morgan fingerprint density at radius 1 is 1.19 bits per heavy atom. The summed E-state index contributed by atoms with van der Waals surface area (Å²) in [5, 5.41) is 9.97. The van der Waals surface area contributed by atoms with Gasteiger partial charge in [0.1, 0.15) is 30.9 Å². The number of nitrogens with zero attached hydrogens (tertiary/aromatic N) is 2. The third kappa shape index (κ3) is 8.81. The van der Waals surface area contributed by atoms with Gasteiger partial charge in [0.05, 0.1) is 22.7 Å². The van der Waals surface area contributed by atoms with E-state index in [2.05, 4.69) is 36.2 Å². The number of halogens is 2. The number of hydrogen-bond acceptors (Lipinski definition) is 6. The monoisotopic (exact) mass is 563 g/mol. The molecule has 0 heterocycles. The standard InChI is InChI=1S/C27H31Cl2N3O4S/c1-18(16-31-20(3)32-37(6,33)34)19(2)17-36-24-9-7-22(8-10-24)27(4,5)23-13-21(15-30)26(25(29)14-23)35-12-11-28/h7-10,13-14,16,32H,3,11-12,17H2,1-2,4-6H3/b19-18+,31-16-. The van der Waals surface area contributed by atoms with Gasteiger partial charge in [-0.2, -0.15) is 5.26 Å². The van der Waals surface area contributed by atoms with Crippen molar-refractivity contribution in [2.45, 2.75) is 33.1 Å². The minimum absolute atomic E-state index is 0.0365. The lowest BCUT2D eigenvalue weighted by Crippen LogP contribution is -2.19. The normalized spacial score (nSPS) is 12.6. The Balaban J connectivity index is 2.14. The van der Waals surface area contributed by atoms with E-state index in [1.165, 1.54) is 6.21 Å². The highest BCUT2D eigenvalue weighted by Gasteiger charge is 2.26. The van der Waals surface area contributed by atoms with Crippen molar-refractivity contribution in [1.29, 1.82) is 5.26 Å². The van der Waals surface area contributed by atoms with Gasteiger partial charge in [0.15, 0.2) is 5.75 Å². The van der Waals surface area contributed by atoms with Crippen molar-refractivity contribution in [3.63, 3.8) is 0 Å². The van der Waals surface area contributed by atoms with Crippen LogP contribution in [0.25, 0.3) is 0 Å². The molecule has 0 amide bonds. The van der Waals surface area contributed by atoms with Gasteiger partial charge in [0.2, 0.25) is 10.0 Å². The first-order valence-corrected chi connectivity index (χ1v) is 14.1. The summed E-state index contributed by atoms with van der Waals surface area (Å²) >= 11 is 12.1. The number of hydrogen-bond donors (Lipinski definition) is 1. The van der Waals surface area contributed by atoms with Gasteiger partial charge in [-0.05, 0) is 60.4 Å². The van der Waals surface area contributed by atoms with Crippen molar-refractivity contribution in [2.24, 2.45) is 4.99 Å². The Morgan fingerprint density at radius 3 is 2.41 bits per heavy atom. The Bertz CT molecular complexity index is 1340. The van der Waals surface area contributed by atoms with Gasteiger partial charge in [0.25, 0.3) is 0 Å². The molecular formula is C27H31Cl2N3O4S. The minimum Gasteiger partial charge on any atom is -0.489 e. The van der Waals surface area contributed by atoms with Crippen LogP contribution in [0.3, 0.4) is 0 Å². The number of nitrogens with one attached hydrogen (secondary N) is 1. The highest BCUT2D eigenvalue weighted by atomic mass is 35.5. The number of alkyl halides is 1. The van der Waals surface area contributed by atoms with Gasteiger partial charge in [-0.25, -0.2) is 13.4 Å². The van der Waals surface area contributed by atoms with E-state index >= 15 is 0 Å². The molecule has 1 N–H and O–H groups in total. The molecule has 0 saturated carbocycles. The quantitative estimate of drug-likeness (QED) is 0.253. The molecule has 0 aromatic heterocycles. The first-order chi connectivity index (χ1) is 17.3. The zero-order valence-electron chi connectivity index (χ0n) is 21.6. The van der Waals surface area contributed by atoms with Gasteiger partial charge in [-0.15, -0.1) is 11.6 Å². The van der Waals surface area contributed by atoms with Crippen LogP contribution in [0.1, 0.15) is 44.4 Å². The molecule has 0 radical (unpaired) electrons. The van der Waals surface area contributed by atoms with Crippen LogP contribution < -0.4 is 14.2 Å². The maximum Gasteiger partial charge on any atom is 0.230 e. The summed E-state index contributed by atoms with van der Waals surface area (Å²) in [5.74, 6) is 1.36. The second-order valence-electron chi connectivity index (χ2n) is 8.96. The van der Waals surface area contributed by atoms with Crippen LogP contribution in [0, 0.1) is 11.3 Å². The van der Waals surface area contributed by atoms with Crippen LogP contribution in [0.15, 0.2) is 64.9 Å². The van der Waals surface area contributed by atoms with Gasteiger partial charge in [-0.1, -0.05) is 44.2 Å². The number of benzene rings is 2. The predicted molar refractivity (Wildman–Crippen MR) is 150 cm³/mol. The first kappa shape index (κ1) is 30.2. The SMILES string of the molecule is C=C(/N=C\C(C)=C(/C)COc1ccc(C(C)(C)c2cc(Cl)c(OCCCl)c(C#N)c2)cc1)NS(C)(=O)=O. The van der Waals surface area contributed by atoms with Gasteiger partial charge < -0.3 is 9.47 Å². The number of allylic oxidation sites excluding steroid dienone is 1.